The fraction of sp³-hybridized carbons (Fsp3) is 0.429. The first-order chi connectivity index (χ1) is 11.1. The number of carbonyl (C=O) groups is 2. The molecule has 0 saturated heterocycles. The van der Waals surface area contributed by atoms with Gasteiger partial charge in [0.25, 0.3) is 0 Å². The molecule has 1 aromatic rings. The van der Waals surface area contributed by atoms with Crippen LogP contribution < -0.4 is 20.0 Å². The third kappa shape index (κ3) is 6.73. The van der Waals surface area contributed by atoms with Gasteiger partial charge in [0.1, 0.15) is 6.04 Å². The van der Waals surface area contributed by atoms with Crippen molar-refractivity contribution in [3.63, 3.8) is 0 Å². The van der Waals surface area contributed by atoms with Crippen LogP contribution >= 0.6 is 0 Å². The molecular formula is C14H20N2O7S. The number of primary amides is 1. The molecule has 2 amide bonds. The van der Waals surface area contributed by atoms with E-state index in [1.807, 2.05) is 0 Å². The molecule has 4 N–H and O–H groups in total. The van der Waals surface area contributed by atoms with Crippen molar-refractivity contribution in [2.75, 3.05) is 13.4 Å². The molecule has 1 aromatic carbocycles. The van der Waals surface area contributed by atoms with E-state index < -0.39 is 28.2 Å². The van der Waals surface area contributed by atoms with Crippen LogP contribution in [0.2, 0.25) is 0 Å². The maximum Gasteiger partial charge on any atom is 0.326 e. The molecule has 24 heavy (non-hydrogen) atoms. The SMILES string of the molecule is COc1cc(CCC[C@@H](NC(N)=O)C(=O)O)ccc1OS(C)(=O)=O. The van der Waals surface area contributed by atoms with Crippen molar-refractivity contribution in [2.45, 2.75) is 25.3 Å². The zero-order valence-corrected chi connectivity index (χ0v) is 14.1. The number of carbonyl (C=O) groups excluding carboxylic acids is 1. The minimum atomic E-state index is -3.67. The quantitative estimate of drug-likeness (QED) is 0.543. The molecule has 0 spiro atoms. The molecule has 0 fully saturated rings. The number of hydrogen-bond acceptors (Lipinski definition) is 6. The lowest BCUT2D eigenvalue weighted by Crippen LogP contribution is -2.43. The Morgan fingerprint density at radius 2 is 2.00 bits per heavy atom. The van der Waals surface area contributed by atoms with Crippen LogP contribution in [-0.4, -0.2) is 44.9 Å². The number of nitrogens with two attached hydrogens (primary N) is 1. The van der Waals surface area contributed by atoms with Gasteiger partial charge in [-0.05, 0) is 37.0 Å². The molecule has 10 heteroatoms. The van der Waals surface area contributed by atoms with Gasteiger partial charge in [-0.3, -0.25) is 0 Å². The number of rotatable bonds is 9. The molecule has 0 heterocycles. The number of ether oxygens (including phenoxy) is 1. The van der Waals surface area contributed by atoms with Gasteiger partial charge in [-0.15, -0.1) is 0 Å². The Labute approximate surface area is 139 Å². The number of nitrogens with one attached hydrogen (secondary N) is 1. The monoisotopic (exact) mass is 360 g/mol. The molecule has 9 nitrogen and oxygen atoms in total. The number of urea groups is 1. The molecule has 0 bridgehead atoms. The van der Waals surface area contributed by atoms with E-state index in [2.05, 4.69) is 5.32 Å². The van der Waals surface area contributed by atoms with E-state index >= 15 is 0 Å². The number of benzene rings is 1. The van der Waals surface area contributed by atoms with Crippen molar-refractivity contribution < 1.29 is 32.0 Å². The number of amides is 2. The van der Waals surface area contributed by atoms with Crippen LogP contribution in [0.1, 0.15) is 18.4 Å². The van der Waals surface area contributed by atoms with Crippen molar-refractivity contribution in [1.82, 2.24) is 5.32 Å². The lowest BCUT2D eigenvalue weighted by Gasteiger charge is -2.13. The number of carboxylic acid groups (broad SMARTS) is 1. The van der Waals surface area contributed by atoms with E-state index in [0.717, 1.165) is 11.8 Å². The summed E-state index contributed by atoms with van der Waals surface area (Å²) >= 11 is 0. The molecule has 0 radical (unpaired) electrons. The Bertz CT molecular complexity index is 703. The lowest BCUT2D eigenvalue weighted by atomic mass is 10.0. The van der Waals surface area contributed by atoms with E-state index in [1.54, 1.807) is 12.1 Å². The highest BCUT2D eigenvalue weighted by Gasteiger charge is 2.18. The third-order valence-electron chi connectivity index (χ3n) is 3.04. The molecule has 134 valence electrons. The fourth-order valence-corrected chi connectivity index (χ4v) is 2.50. The molecule has 0 aliphatic rings. The Morgan fingerprint density at radius 3 is 2.50 bits per heavy atom. The van der Waals surface area contributed by atoms with Crippen LogP contribution in [0, 0.1) is 0 Å². The Kier molecular flexibility index (Phi) is 6.83. The number of aliphatic carboxylic acids is 1. The molecular weight excluding hydrogens is 340 g/mol. The first-order valence-corrected chi connectivity index (χ1v) is 8.79. The standard InChI is InChI=1S/C14H20N2O7S/c1-22-12-8-9(6-7-11(12)23-24(2,20)21)4-3-5-10(13(17)18)16-14(15)19/h6-8,10H,3-5H2,1-2H3,(H,17,18)(H3,15,16,19)/t10-/m1/s1. The highest BCUT2D eigenvalue weighted by molar-refractivity contribution is 7.86. The second-order valence-electron chi connectivity index (χ2n) is 5.06. The largest absolute Gasteiger partial charge is 0.493 e. The van der Waals surface area contributed by atoms with Gasteiger partial charge < -0.3 is 25.1 Å². The summed E-state index contributed by atoms with van der Waals surface area (Å²) in [5, 5.41) is 11.1. The second-order valence-corrected chi connectivity index (χ2v) is 6.64. The Balaban J connectivity index is 2.72. The number of aryl methyl sites for hydroxylation is 1. The summed E-state index contributed by atoms with van der Waals surface area (Å²) in [6, 6.07) is 2.77. The zero-order chi connectivity index (χ0) is 18.3. The average Bonchev–Trinajstić information content (AvgIpc) is 2.45. The zero-order valence-electron chi connectivity index (χ0n) is 13.3. The van der Waals surface area contributed by atoms with Crippen molar-refractivity contribution >= 4 is 22.1 Å². The van der Waals surface area contributed by atoms with Crippen LogP contribution in [0.25, 0.3) is 0 Å². The summed E-state index contributed by atoms with van der Waals surface area (Å²) in [6.07, 6.45) is 2.09. The topological polar surface area (TPSA) is 145 Å². The van der Waals surface area contributed by atoms with E-state index in [9.17, 15) is 18.0 Å². The number of carboxylic acids is 1. The molecule has 0 aromatic heterocycles. The highest BCUT2D eigenvalue weighted by Crippen LogP contribution is 2.29. The maximum absolute atomic E-state index is 11.2. The van der Waals surface area contributed by atoms with Crippen molar-refractivity contribution in [3.05, 3.63) is 23.8 Å². The third-order valence-corrected chi connectivity index (χ3v) is 3.52. The molecule has 1 rings (SSSR count). The van der Waals surface area contributed by atoms with Gasteiger partial charge in [-0.2, -0.15) is 8.42 Å². The minimum Gasteiger partial charge on any atom is -0.493 e. The summed E-state index contributed by atoms with van der Waals surface area (Å²) < 4.78 is 32.2. The smallest absolute Gasteiger partial charge is 0.326 e. The molecule has 0 unspecified atom stereocenters. The van der Waals surface area contributed by atoms with Crippen LogP contribution in [-0.2, 0) is 21.3 Å². The summed E-state index contributed by atoms with van der Waals surface area (Å²) in [5.74, 6) is -0.839. The lowest BCUT2D eigenvalue weighted by molar-refractivity contribution is -0.139. The molecule has 0 saturated carbocycles. The Morgan fingerprint density at radius 1 is 1.33 bits per heavy atom. The summed E-state index contributed by atoms with van der Waals surface area (Å²) in [7, 11) is -2.29. The van der Waals surface area contributed by atoms with Gasteiger partial charge in [0, 0.05) is 0 Å². The van der Waals surface area contributed by atoms with E-state index in [4.69, 9.17) is 19.8 Å². The number of hydrogen-bond donors (Lipinski definition) is 3. The average molecular weight is 360 g/mol. The minimum absolute atomic E-state index is 0.0718. The molecule has 0 aliphatic carbocycles. The van der Waals surface area contributed by atoms with Crippen molar-refractivity contribution in [1.29, 1.82) is 0 Å². The van der Waals surface area contributed by atoms with Crippen molar-refractivity contribution in [2.24, 2.45) is 5.73 Å². The van der Waals surface area contributed by atoms with E-state index in [1.165, 1.54) is 13.2 Å². The predicted octanol–water partition coefficient (Wildman–Crippen LogP) is 0.478. The molecule has 1 atom stereocenters. The first kappa shape index (κ1) is 19.6. The van der Waals surface area contributed by atoms with Crippen LogP contribution in [0.4, 0.5) is 4.79 Å². The van der Waals surface area contributed by atoms with Crippen LogP contribution in [0.3, 0.4) is 0 Å². The summed E-state index contributed by atoms with van der Waals surface area (Å²) in [6.45, 7) is 0. The number of methoxy groups -OCH3 is 1. The Hall–Kier alpha value is -2.49. The van der Waals surface area contributed by atoms with Crippen LogP contribution in [0.5, 0.6) is 11.5 Å². The highest BCUT2D eigenvalue weighted by atomic mass is 32.2. The van der Waals surface area contributed by atoms with Crippen LogP contribution in [0.15, 0.2) is 18.2 Å². The second kappa shape index (κ2) is 8.39. The predicted molar refractivity (Wildman–Crippen MR) is 85.5 cm³/mol. The first-order valence-electron chi connectivity index (χ1n) is 6.97. The van der Waals surface area contributed by atoms with E-state index in [-0.39, 0.29) is 17.9 Å². The van der Waals surface area contributed by atoms with Gasteiger partial charge in [-0.25, -0.2) is 9.59 Å². The fourth-order valence-electron chi connectivity index (χ4n) is 2.04. The normalized spacial score (nSPS) is 12.2. The van der Waals surface area contributed by atoms with Gasteiger partial charge in [0.2, 0.25) is 0 Å². The summed E-state index contributed by atoms with van der Waals surface area (Å²) in [4.78, 5) is 21.7. The van der Waals surface area contributed by atoms with Gasteiger partial charge >= 0.3 is 22.1 Å². The molecule has 0 aliphatic heterocycles. The maximum atomic E-state index is 11.2. The van der Waals surface area contributed by atoms with Gasteiger partial charge in [0.05, 0.1) is 13.4 Å². The van der Waals surface area contributed by atoms with Crippen molar-refractivity contribution in [3.8, 4) is 11.5 Å². The summed E-state index contributed by atoms with van der Waals surface area (Å²) in [5.41, 5.74) is 5.73. The van der Waals surface area contributed by atoms with Gasteiger partial charge in [-0.1, -0.05) is 6.07 Å². The van der Waals surface area contributed by atoms with Gasteiger partial charge in [0.15, 0.2) is 11.5 Å². The van der Waals surface area contributed by atoms with E-state index in [0.29, 0.717) is 12.8 Å².